The maximum absolute atomic E-state index is 14.0. The number of Topliss-reactive ketones (excluding diaryl/α,β-unsaturated/α-hetero) is 1. The summed E-state index contributed by atoms with van der Waals surface area (Å²) < 4.78 is 3.37. The zero-order chi connectivity index (χ0) is 30.3. The van der Waals surface area contributed by atoms with Gasteiger partial charge in [-0.1, -0.05) is 24.3 Å². The number of likely N-dealkylation sites (N-methyl/N-ethyl adjacent to an activating group) is 1. The summed E-state index contributed by atoms with van der Waals surface area (Å²) in [6.07, 6.45) is 7.13. The third-order valence-electron chi connectivity index (χ3n) is 8.99. The Balaban J connectivity index is 1.08. The van der Waals surface area contributed by atoms with Crippen LogP contribution in [0.2, 0.25) is 0 Å². The second-order valence-electron chi connectivity index (χ2n) is 12.0. The Morgan fingerprint density at radius 1 is 1.16 bits per heavy atom. The third-order valence-corrected chi connectivity index (χ3v) is 8.99. The number of nitrogens with one attached hydrogen (secondary N) is 2. The summed E-state index contributed by atoms with van der Waals surface area (Å²) in [5, 5.41) is 25.2. The number of fused-ring (bicyclic) bond motifs is 3. The lowest BCUT2D eigenvalue weighted by molar-refractivity contribution is -0.133. The summed E-state index contributed by atoms with van der Waals surface area (Å²) in [6.45, 7) is 4.63. The lowest BCUT2D eigenvalue weighted by atomic mass is 9.84. The molecule has 13 heteroatoms. The molecular formula is C31H35N11O2. The van der Waals surface area contributed by atoms with Crippen molar-refractivity contribution in [1.82, 2.24) is 39.5 Å². The van der Waals surface area contributed by atoms with Crippen LogP contribution < -0.4 is 15.5 Å². The predicted molar refractivity (Wildman–Crippen MR) is 164 cm³/mol. The minimum Gasteiger partial charge on any atom is -0.365 e. The van der Waals surface area contributed by atoms with Crippen LogP contribution in [0.3, 0.4) is 0 Å². The molecule has 2 atom stereocenters. The molecule has 0 radical (unpaired) electrons. The standard InChI is InChI=1S/C31H35N11O2/c1-38-13-15-39(16-14-38)27(43)20-41-19-24(17-33-41)34-30-35-29-26(7-4-12-42(29)37-30)40-18-23-8-10-31(21-40,36-23)28(44)25-6-3-2-5-22(25)9-11-32/h2-7,12,17,19,23,36H,8-10,13-16,18,20-21H2,1H3,(H,34,37). The van der Waals surface area contributed by atoms with Gasteiger partial charge in [0.15, 0.2) is 11.4 Å². The second-order valence-corrected chi connectivity index (χ2v) is 12.0. The first kappa shape index (κ1) is 28.0. The molecule has 3 saturated heterocycles. The highest BCUT2D eigenvalue weighted by Gasteiger charge is 2.50. The molecule has 0 saturated carbocycles. The average molecular weight is 594 g/mol. The lowest BCUT2D eigenvalue weighted by Crippen LogP contribution is -2.63. The number of hydrogen-bond donors (Lipinski definition) is 2. The van der Waals surface area contributed by atoms with Gasteiger partial charge in [-0.15, -0.1) is 5.10 Å². The van der Waals surface area contributed by atoms with Gasteiger partial charge in [0.05, 0.1) is 30.1 Å². The van der Waals surface area contributed by atoms with E-state index in [-0.39, 0.29) is 30.7 Å². The molecule has 13 nitrogen and oxygen atoms in total. The first-order chi connectivity index (χ1) is 21.4. The molecule has 2 N–H and O–H groups in total. The molecule has 3 aliphatic heterocycles. The van der Waals surface area contributed by atoms with Crippen molar-refractivity contribution in [3.05, 3.63) is 66.1 Å². The monoisotopic (exact) mass is 593 g/mol. The average Bonchev–Trinajstić information content (AvgIpc) is 3.74. The number of rotatable bonds is 8. The molecule has 0 aliphatic carbocycles. The highest BCUT2D eigenvalue weighted by Crippen LogP contribution is 2.36. The molecule has 2 unspecified atom stereocenters. The van der Waals surface area contributed by atoms with E-state index in [1.54, 1.807) is 21.6 Å². The summed E-state index contributed by atoms with van der Waals surface area (Å²) in [5.41, 5.74) is 2.91. The van der Waals surface area contributed by atoms with Crippen LogP contribution in [0.4, 0.5) is 17.3 Å². The molecule has 7 rings (SSSR count). The molecule has 44 heavy (non-hydrogen) atoms. The topological polar surface area (TPSA) is 140 Å². The van der Waals surface area contributed by atoms with E-state index in [4.69, 9.17) is 4.98 Å². The van der Waals surface area contributed by atoms with Crippen molar-refractivity contribution >= 4 is 34.7 Å². The van der Waals surface area contributed by atoms with Crippen LogP contribution in [-0.4, -0.2) is 104 Å². The molecule has 3 fully saturated rings. The van der Waals surface area contributed by atoms with E-state index in [1.807, 2.05) is 47.5 Å². The Bertz CT molecular complexity index is 1750. The smallest absolute Gasteiger partial charge is 0.247 e. The summed E-state index contributed by atoms with van der Waals surface area (Å²) in [4.78, 5) is 37.9. The van der Waals surface area contributed by atoms with Crippen molar-refractivity contribution in [2.75, 3.05) is 56.5 Å². The van der Waals surface area contributed by atoms with E-state index in [9.17, 15) is 14.9 Å². The zero-order valence-electron chi connectivity index (χ0n) is 24.7. The maximum Gasteiger partial charge on any atom is 0.247 e. The van der Waals surface area contributed by atoms with Crippen LogP contribution in [0.15, 0.2) is 55.0 Å². The Morgan fingerprint density at radius 2 is 2.00 bits per heavy atom. The first-order valence-corrected chi connectivity index (χ1v) is 15.0. The first-order valence-electron chi connectivity index (χ1n) is 15.0. The van der Waals surface area contributed by atoms with Gasteiger partial charge in [0.2, 0.25) is 11.9 Å². The van der Waals surface area contributed by atoms with Crippen LogP contribution in [0, 0.1) is 11.3 Å². The van der Waals surface area contributed by atoms with E-state index in [2.05, 4.69) is 43.7 Å². The van der Waals surface area contributed by atoms with Gasteiger partial charge in [0.25, 0.3) is 0 Å². The van der Waals surface area contributed by atoms with E-state index in [1.165, 1.54) is 0 Å². The fourth-order valence-electron chi connectivity index (χ4n) is 6.68. The Labute approximate surface area is 255 Å². The van der Waals surface area contributed by atoms with Gasteiger partial charge in [-0.3, -0.25) is 19.6 Å². The summed E-state index contributed by atoms with van der Waals surface area (Å²) in [6, 6.07) is 13.7. The highest BCUT2D eigenvalue weighted by molar-refractivity contribution is 6.05. The maximum atomic E-state index is 14.0. The van der Waals surface area contributed by atoms with Gasteiger partial charge in [-0.2, -0.15) is 15.3 Å². The van der Waals surface area contributed by atoms with Crippen molar-refractivity contribution < 1.29 is 9.59 Å². The summed E-state index contributed by atoms with van der Waals surface area (Å²) in [7, 11) is 2.06. The Morgan fingerprint density at radius 3 is 2.84 bits per heavy atom. The number of ketones is 1. The van der Waals surface area contributed by atoms with Gasteiger partial charge in [0.1, 0.15) is 12.1 Å². The molecule has 2 bridgehead atoms. The fourth-order valence-corrected chi connectivity index (χ4v) is 6.68. The normalized spacial score (nSPS) is 21.9. The number of nitriles is 1. The molecule has 0 spiro atoms. The van der Waals surface area contributed by atoms with E-state index < -0.39 is 5.54 Å². The predicted octanol–water partition coefficient (Wildman–Crippen LogP) is 1.70. The van der Waals surface area contributed by atoms with Crippen LogP contribution in [0.25, 0.3) is 5.65 Å². The zero-order valence-corrected chi connectivity index (χ0v) is 24.7. The molecule has 226 valence electrons. The summed E-state index contributed by atoms with van der Waals surface area (Å²) in [5.74, 6) is 0.504. The van der Waals surface area contributed by atoms with Gasteiger partial charge in [-0.05, 0) is 37.6 Å². The van der Waals surface area contributed by atoms with Gasteiger partial charge in [-0.25, -0.2) is 4.52 Å². The van der Waals surface area contributed by atoms with Crippen LogP contribution in [-0.2, 0) is 17.8 Å². The molecule has 3 aromatic heterocycles. The number of benzene rings is 1. The van der Waals surface area contributed by atoms with Crippen molar-refractivity contribution in [2.45, 2.75) is 37.4 Å². The molecule has 1 aromatic carbocycles. The Kier molecular flexibility index (Phi) is 7.23. The van der Waals surface area contributed by atoms with Crippen molar-refractivity contribution in [3.63, 3.8) is 0 Å². The number of anilines is 3. The minimum atomic E-state index is -0.738. The number of carbonyl (C=O) groups is 2. The molecule has 4 aromatic rings. The van der Waals surface area contributed by atoms with Crippen LogP contribution >= 0.6 is 0 Å². The highest BCUT2D eigenvalue weighted by atomic mass is 16.2. The van der Waals surface area contributed by atoms with E-state index >= 15 is 0 Å². The number of amides is 1. The van der Waals surface area contributed by atoms with Crippen molar-refractivity contribution in [3.8, 4) is 6.07 Å². The molecular weight excluding hydrogens is 558 g/mol. The van der Waals surface area contributed by atoms with E-state index in [0.717, 1.165) is 56.8 Å². The summed E-state index contributed by atoms with van der Waals surface area (Å²) >= 11 is 0. The third kappa shape index (κ3) is 5.27. The number of pyridine rings is 1. The van der Waals surface area contributed by atoms with E-state index in [0.29, 0.717) is 29.4 Å². The molecule has 1 amide bonds. The number of carbonyl (C=O) groups excluding carboxylic acids is 2. The van der Waals surface area contributed by atoms with Crippen molar-refractivity contribution in [1.29, 1.82) is 5.26 Å². The quantitative estimate of drug-likeness (QED) is 0.290. The molecule has 6 heterocycles. The SMILES string of the molecule is CN1CCN(C(=O)Cn2cc(Nc3nc4c(N5CC6CCC(C(=O)c7ccccc7CC#N)(C5)N6)cccn4n3)cn2)CC1. The number of piperazine rings is 2. The van der Waals surface area contributed by atoms with Crippen molar-refractivity contribution in [2.24, 2.45) is 0 Å². The minimum absolute atomic E-state index is 0.0365. The Hall–Kier alpha value is -4.80. The number of aromatic nitrogens is 5. The number of hydrogen-bond acceptors (Lipinski definition) is 10. The van der Waals surface area contributed by atoms with Gasteiger partial charge >= 0.3 is 0 Å². The van der Waals surface area contributed by atoms with Gasteiger partial charge < -0.3 is 20.0 Å². The van der Waals surface area contributed by atoms with Crippen LogP contribution in [0.1, 0.15) is 28.8 Å². The lowest BCUT2D eigenvalue weighted by Gasteiger charge is -2.41. The molecule has 3 aliphatic rings. The van der Waals surface area contributed by atoms with Gasteiger partial charge in [0, 0.05) is 63.3 Å². The second kappa shape index (κ2) is 11.4. The van der Waals surface area contributed by atoms with Crippen LogP contribution in [0.5, 0.6) is 0 Å². The number of nitrogens with zero attached hydrogens (tertiary/aromatic N) is 9. The fraction of sp³-hybridized carbons (Fsp3) is 0.419. The largest absolute Gasteiger partial charge is 0.365 e.